The van der Waals surface area contributed by atoms with E-state index in [1.165, 1.54) is 23.0 Å². The van der Waals surface area contributed by atoms with Crippen molar-refractivity contribution in [1.29, 1.82) is 0 Å². The van der Waals surface area contributed by atoms with Crippen LogP contribution in [0, 0.1) is 0 Å². The van der Waals surface area contributed by atoms with Crippen LogP contribution in [-0.2, 0) is 0 Å². The van der Waals surface area contributed by atoms with E-state index in [4.69, 9.17) is 5.11 Å². The summed E-state index contributed by atoms with van der Waals surface area (Å²) >= 11 is 0. The minimum absolute atomic E-state index is 0. The number of aromatic nitrogens is 4. The van der Waals surface area contributed by atoms with E-state index >= 15 is 0 Å². The molecule has 1 N–H and O–H groups in total. The molecule has 7 heteroatoms. The van der Waals surface area contributed by atoms with E-state index in [0.29, 0.717) is 5.65 Å². The first-order valence-electron chi connectivity index (χ1n) is 3.17. The fourth-order valence-corrected chi connectivity index (χ4v) is 0.899. The summed E-state index contributed by atoms with van der Waals surface area (Å²) in [6.45, 7) is 0. The summed E-state index contributed by atoms with van der Waals surface area (Å²) in [6, 6.07) is 0. The molecule has 0 atom stereocenters. The van der Waals surface area contributed by atoms with E-state index in [9.17, 15) is 4.79 Å². The Labute approximate surface area is 96.4 Å². The molecule has 2 heterocycles. The fraction of sp³-hybridized carbons (Fsp3) is 0. The zero-order valence-corrected chi connectivity index (χ0v) is 8.88. The fourth-order valence-electron chi connectivity index (χ4n) is 0.899. The van der Waals surface area contributed by atoms with Crippen molar-refractivity contribution in [2.75, 3.05) is 0 Å². The predicted molar refractivity (Wildman–Crippen MR) is 38.9 cm³/mol. The summed E-state index contributed by atoms with van der Waals surface area (Å²) in [4.78, 5) is 14.3. The van der Waals surface area contributed by atoms with Gasteiger partial charge in [-0.15, -0.1) is 10.2 Å². The van der Waals surface area contributed by atoms with Crippen LogP contribution in [-0.4, -0.2) is 30.7 Å². The molecular weight excluding hydrogens is 183 g/mol. The second-order valence-corrected chi connectivity index (χ2v) is 2.13. The molecule has 0 aliphatic heterocycles. The first kappa shape index (κ1) is 10.1. The van der Waals surface area contributed by atoms with Crippen LogP contribution in [0.2, 0.25) is 0 Å². The molecule has 0 amide bonds. The van der Waals surface area contributed by atoms with E-state index < -0.39 is 5.97 Å². The Morgan fingerprint density at radius 3 is 3.00 bits per heavy atom. The van der Waals surface area contributed by atoms with Crippen LogP contribution in [0.1, 0.15) is 12.0 Å². The largest absolute Gasteiger partial charge is 1.00 e. The minimum Gasteiger partial charge on any atom is -1.00 e. The number of carbonyl (C=O) groups is 1. The van der Waals surface area contributed by atoms with Gasteiger partial charge in [0.25, 0.3) is 0 Å². The SMILES string of the molecule is O=C(O)c1nnc2cnccn12.[H-].[Na+]. The van der Waals surface area contributed by atoms with Gasteiger partial charge in [0.15, 0.2) is 5.65 Å². The molecule has 0 aromatic carbocycles. The molecule has 6 nitrogen and oxygen atoms in total. The summed E-state index contributed by atoms with van der Waals surface area (Å²) in [6.07, 6.45) is 4.42. The van der Waals surface area contributed by atoms with Gasteiger partial charge < -0.3 is 6.53 Å². The van der Waals surface area contributed by atoms with Gasteiger partial charge in [-0.2, -0.15) is 0 Å². The third-order valence-electron chi connectivity index (χ3n) is 1.41. The van der Waals surface area contributed by atoms with Crippen molar-refractivity contribution in [2.45, 2.75) is 0 Å². The molecule has 2 rings (SSSR count). The Hall–Kier alpha value is -0.980. The second kappa shape index (κ2) is 3.82. The van der Waals surface area contributed by atoms with Crippen LogP contribution in [0.15, 0.2) is 18.6 Å². The Morgan fingerprint density at radius 1 is 1.54 bits per heavy atom. The topological polar surface area (TPSA) is 80.4 Å². The molecule has 13 heavy (non-hydrogen) atoms. The molecule has 0 spiro atoms. The van der Waals surface area contributed by atoms with Gasteiger partial charge in [0, 0.05) is 12.4 Å². The summed E-state index contributed by atoms with van der Waals surface area (Å²) in [5.41, 5.74) is 0.426. The van der Waals surface area contributed by atoms with Crippen LogP contribution < -0.4 is 29.6 Å². The van der Waals surface area contributed by atoms with Crippen molar-refractivity contribution in [3.05, 3.63) is 24.4 Å². The number of nitrogens with zero attached hydrogens (tertiary/aromatic N) is 4. The van der Waals surface area contributed by atoms with Crippen LogP contribution >= 0.6 is 0 Å². The molecule has 62 valence electrons. The second-order valence-electron chi connectivity index (χ2n) is 2.13. The van der Waals surface area contributed by atoms with Crippen LogP contribution in [0.4, 0.5) is 0 Å². The molecular formula is C6H5N4NaO2. The first-order valence-corrected chi connectivity index (χ1v) is 3.17. The molecule has 0 aliphatic carbocycles. The smallest absolute Gasteiger partial charge is 1.00 e. The van der Waals surface area contributed by atoms with Crippen LogP contribution in [0.3, 0.4) is 0 Å². The van der Waals surface area contributed by atoms with Crippen LogP contribution in [0.5, 0.6) is 0 Å². The normalized spacial score (nSPS) is 9.54. The maximum absolute atomic E-state index is 10.5. The Balaban J connectivity index is 0.000000845. The number of rotatable bonds is 1. The van der Waals surface area contributed by atoms with E-state index in [1.54, 1.807) is 0 Å². The maximum atomic E-state index is 10.5. The third-order valence-corrected chi connectivity index (χ3v) is 1.41. The molecule has 0 saturated heterocycles. The molecule has 0 aliphatic rings. The van der Waals surface area contributed by atoms with Gasteiger partial charge in [-0.25, -0.2) is 4.79 Å². The zero-order chi connectivity index (χ0) is 8.55. The van der Waals surface area contributed by atoms with Gasteiger partial charge in [-0.05, 0) is 0 Å². The van der Waals surface area contributed by atoms with Gasteiger partial charge in [0.2, 0.25) is 5.82 Å². The van der Waals surface area contributed by atoms with Crippen molar-refractivity contribution in [2.24, 2.45) is 0 Å². The minimum atomic E-state index is -1.10. The molecule has 0 radical (unpaired) electrons. The standard InChI is InChI=1S/C6H4N4O2.Na.H/c11-6(12)5-9-8-4-3-7-1-2-10(4)5;;/h1-3H,(H,11,12);;/q;+1;-1. The Kier molecular flexibility index (Phi) is 2.97. The van der Waals surface area contributed by atoms with E-state index in [0.717, 1.165) is 0 Å². The summed E-state index contributed by atoms with van der Waals surface area (Å²) < 4.78 is 1.36. The monoisotopic (exact) mass is 188 g/mol. The summed E-state index contributed by atoms with van der Waals surface area (Å²) in [5, 5.41) is 15.7. The summed E-state index contributed by atoms with van der Waals surface area (Å²) in [7, 11) is 0. The van der Waals surface area contributed by atoms with Crippen LogP contribution in [0.25, 0.3) is 5.65 Å². The van der Waals surface area contributed by atoms with Crippen molar-refractivity contribution in [3.63, 3.8) is 0 Å². The first-order chi connectivity index (χ1) is 5.79. The molecule has 0 unspecified atom stereocenters. The number of hydrogen-bond acceptors (Lipinski definition) is 4. The molecule has 2 aromatic rings. The number of carboxylic acid groups (broad SMARTS) is 1. The summed E-state index contributed by atoms with van der Waals surface area (Å²) in [5.74, 6) is -1.21. The molecule has 0 saturated carbocycles. The number of fused-ring (bicyclic) bond motifs is 1. The van der Waals surface area contributed by atoms with Crippen molar-refractivity contribution in [1.82, 2.24) is 19.6 Å². The van der Waals surface area contributed by atoms with Crippen molar-refractivity contribution < 1.29 is 40.9 Å². The molecule has 2 aromatic heterocycles. The maximum Gasteiger partial charge on any atom is 1.00 e. The molecule has 0 bridgehead atoms. The third kappa shape index (κ3) is 1.69. The van der Waals surface area contributed by atoms with Gasteiger partial charge >= 0.3 is 35.5 Å². The van der Waals surface area contributed by atoms with E-state index in [-0.39, 0.29) is 36.8 Å². The average Bonchev–Trinajstić information content (AvgIpc) is 2.47. The van der Waals surface area contributed by atoms with Crippen molar-refractivity contribution >= 4 is 11.6 Å². The molecule has 0 fully saturated rings. The number of hydrogen-bond donors (Lipinski definition) is 1. The Bertz CT molecular complexity index is 446. The number of aromatic carboxylic acids is 1. The van der Waals surface area contributed by atoms with E-state index in [2.05, 4.69) is 15.2 Å². The average molecular weight is 188 g/mol. The number of carboxylic acids is 1. The predicted octanol–water partition coefficient (Wildman–Crippen LogP) is -3.06. The quantitative estimate of drug-likeness (QED) is 0.480. The van der Waals surface area contributed by atoms with Crippen molar-refractivity contribution in [3.8, 4) is 0 Å². The zero-order valence-electron chi connectivity index (χ0n) is 7.88. The van der Waals surface area contributed by atoms with Gasteiger partial charge in [0.1, 0.15) is 0 Å². The van der Waals surface area contributed by atoms with Gasteiger partial charge in [0.05, 0.1) is 6.20 Å². The van der Waals surface area contributed by atoms with Gasteiger partial charge in [-0.1, -0.05) is 0 Å². The van der Waals surface area contributed by atoms with Gasteiger partial charge in [-0.3, -0.25) is 9.38 Å². The Morgan fingerprint density at radius 2 is 2.31 bits per heavy atom. The van der Waals surface area contributed by atoms with E-state index in [1.807, 2.05) is 0 Å².